The van der Waals surface area contributed by atoms with Gasteiger partial charge in [0.25, 0.3) is 9.84 Å². The zero-order valence-electron chi connectivity index (χ0n) is 16.9. The molecule has 0 bridgehead atoms. The number of sulfone groups is 1. The number of rotatable bonds is 5. The second-order valence-corrected chi connectivity index (χ2v) is 10.1. The van der Waals surface area contributed by atoms with E-state index in [4.69, 9.17) is 12.2 Å². The van der Waals surface area contributed by atoms with Gasteiger partial charge in [0.2, 0.25) is 5.12 Å². The second-order valence-electron chi connectivity index (χ2n) is 6.56. The van der Waals surface area contributed by atoms with Gasteiger partial charge in [-0.15, -0.1) is 0 Å². The molecule has 1 aromatic rings. The number of thioether (sulfide) groups is 1. The van der Waals surface area contributed by atoms with Crippen LogP contribution in [0.25, 0.3) is 0 Å². The minimum atomic E-state index is -5.47. The normalized spacial score (nSPS) is 19.9. The predicted molar refractivity (Wildman–Crippen MR) is 119 cm³/mol. The number of fused-ring (bicyclic) bond motifs is 1. The van der Waals surface area contributed by atoms with Crippen molar-refractivity contribution in [3.63, 3.8) is 0 Å². The van der Waals surface area contributed by atoms with Gasteiger partial charge >= 0.3 is 5.51 Å². The monoisotopic (exact) mass is 491 g/mol. The maximum atomic E-state index is 13.0. The number of benzene rings is 1. The van der Waals surface area contributed by atoms with Crippen LogP contribution in [0.1, 0.15) is 20.8 Å². The molecule has 3 rings (SSSR count). The third-order valence-corrected chi connectivity index (χ3v) is 7.68. The molecule has 12 heteroatoms. The summed E-state index contributed by atoms with van der Waals surface area (Å²) in [6, 6.07) is 3.38. The zero-order chi connectivity index (χ0) is 23.1. The smallest absolute Gasteiger partial charge is 0.326 e. The lowest BCUT2D eigenvalue weighted by Crippen LogP contribution is -2.28. The minimum absolute atomic E-state index is 0.177. The number of alkyl halides is 3. The van der Waals surface area contributed by atoms with Crippen molar-refractivity contribution in [3.8, 4) is 0 Å². The van der Waals surface area contributed by atoms with Crippen LogP contribution in [-0.4, -0.2) is 47.9 Å². The SMILES string of the molecule is CCN1C(=S)SC(=O)/C1=C/C=C1\N(CC)c2ccc(S(=O)(=O)C(F)(F)F)cc2N1CC. The van der Waals surface area contributed by atoms with Crippen molar-refractivity contribution in [1.29, 1.82) is 0 Å². The fourth-order valence-corrected chi connectivity index (χ4v) is 5.51. The highest BCUT2D eigenvalue weighted by Crippen LogP contribution is 2.44. The van der Waals surface area contributed by atoms with Crippen LogP contribution in [0.5, 0.6) is 0 Å². The third kappa shape index (κ3) is 3.96. The molecule has 1 aromatic carbocycles. The highest BCUT2D eigenvalue weighted by molar-refractivity contribution is 8.33. The van der Waals surface area contributed by atoms with Gasteiger partial charge in [-0.25, -0.2) is 8.42 Å². The Hall–Kier alpha value is -2.05. The van der Waals surface area contributed by atoms with E-state index in [1.54, 1.807) is 28.9 Å². The van der Waals surface area contributed by atoms with Gasteiger partial charge in [0.15, 0.2) is 0 Å². The Bertz CT molecular complexity index is 1100. The molecular weight excluding hydrogens is 471 g/mol. The molecule has 31 heavy (non-hydrogen) atoms. The van der Waals surface area contributed by atoms with E-state index in [0.717, 1.165) is 23.9 Å². The molecule has 0 unspecified atom stereocenters. The van der Waals surface area contributed by atoms with Crippen molar-refractivity contribution in [3.05, 3.63) is 41.9 Å². The Kier molecular flexibility index (Phi) is 6.45. The lowest BCUT2D eigenvalue weighted by Gasteiger charge is -2.23. The number of carbonyl (C=O) groups is 1. The number of allylic oxidation sites excluding steroid dienone is 2. The summed E-state index contributed by atoms with van der Waals surface area (Å²) in [4.78, 5) is 16.7. The average molecular weight is 492 g/mol. The molecule has 0 atom stereocenters. The first kappa shape index (κ1) is 23.6. The Morgan fingerprint density at radius 3 is 2.13 bits per heavy atom. The summed E-state index contributed by atoms with van der Waals surface area (Å²) < 4.78 is 63.3. The van der Waals surface area contributed by atoms with Crippen LogP contribution < -0.4 is 9.80 Å². The van der Waals surface area contributed by atoms with Crippen LogP contribution in [-0.2, 0) is 14.6 Å². The second kappa shape index (κ2) is 8.47. The Balaban J connectivity index is 2.09. The highest BCUT2D eigenvalue weighted by atomic mass is 32.2. The van der Waals surface area contributed by atoms with E-state index in [0.29, 0.717) is 46.8 Å². The summed E-state index contributed by atoms with van der Waals surface area (Å²) in [6.07, 6.45) is 3.34. The molecule has 1 fully saturated rings. The van der Waals surface area contributed by atoms with E-state index >= 15 is 0 Å². The number of hydrogen-bond donors (Lipinski definition) is 0. The summed E-state index contributed by atoms with van der Waals surface area (Å²) in [5.41, 5.74) is -4.01. The lowest BCUT2D eigenvalue weighted by molar-refractivity contribution is -0.108. The molecule has 2 aliphatic heterocycles. The van der Waals surface area contributed by atoms with Gasteiger partial charge in [-0.1, -0.05) is 12.2 Å². The Labute approximate surface area is 188 Å². The van der Waals surface area contributed by atoms with Crippen LogP contribution in [0.15, 0.2) is 46.8 Å². The van der Waals surface area contributed by atoms with Crippen molar-refractivity contribution < 1.29 is 26.4 Å². The number of anilines is 2. The molecular formula is C19H20F3N3O3S3. The van der Waals surface area contributed by atoms with Crippen molar-refractivity contribution in [1.82, 2.24) is 4.90 Å². The molecule has 1 saturated heterocycles. The molecule has 0 amide bonds. The van der Waals surface area contributed by atoms with E-state index in [2.05, 4.69) is 0 Å². The predicted octanol–water partition coefficient (Wildman–Crippen LogP) is 4.25. The average Bonchev–Trinajstić information content (AvgIpc) is 3.16. The van der Waals surface area contributed by atoms with Crippen molar-refractivity contribution >= 4 is 54.6 Å². The lowest BCUT2D eigenvalue weighted by atomic mass is 10.2. The summed E-state index contributed by atoms with van der Waals surface area (Å²) in [5.74, 6) is 0.626. The van der Waals surface area contributed by atoms with Crippen LogP contribution in [0, 0.1) is 0 Å². The maximum absolute atomic E-state index is 13.0. The molecule has 168 valence electrons. The molecule has 0 aromatic heterocycles. The summed E-state index contributed by atoms with van der Waals surface area (Å²) in [7, 11) is -5.47. The first-order chi connectivity index (χ1) is 14.5. The molecule has 0 spiro atoms. The van der Waals surface area contributed by atoms with E-state index in [9.17, 15) is 26.4 Å². The number of carbonyl (C=O) groups excluding carboxylic acids is 1. The fourth-order valence-electron chi connectivity index (χ4n) is 3.49. The zero-order valence-corrected chi connectivity index (χ0v) is 19.4. The van der Waals surface area contributed by atoms with Gasteiger partial charge in [-0.2, -0.15) is 13.2 Å². The number of nitrogens with zero attached hydrogens (tertiary/aromatic N) is 3. The molecule has 0 N–H and O–H groups in total. The van der Waals surface area contributed by atoms with Gasteiger partial charge in [-0.3, -0.25) is 4.79 Å². The van der Waals surface area contributed by atoms with Crippen molar-refractivity contribution in [2.45, 2.75) is 31.2 Å². The van der Waals surface area contributed by atoms with Crippen LogP contribution >= 0.6 is 24.0 Å². The molecule has 0 saturated carbocycles. The Morgan fingerprint density at radius 2 is 1.58 bits per heavy atom. The van der Waals surface area contributed by atoms with E-state index in [1.165, 1.54) is 6.07 Å². The molecule has 6 nitrogen and oxygen atoms in total. The van der Waals surface area contributed by atoms with E-state index in [-0.39, 0.29) is 5.12 Å². The quantitative estimate of drug-likeness (QED) is 0.448. The van der Waals surface area contributed by atoms with Gasteiger partial charge < -0.3 is 14.7 Å². The maximum Gasteiger partial charge on any atom is 0.501 e. The van der Waals surface area contributed by atoms with E-state index in [1.807, 2.05) is 18.7 Å². The molecule has 0 radical (unpaired) electrons. The summed E-state index contributed by atoms with van der Waals surface area (Å²) in [6.45, 7) is 6.94. The minimum Gasteiger partial charge on any atom is -0.326 e. The fraction of sp³-hybridized carbons (Fsp3) is 0.368. The first-order valence-electron chi connectivity index (χ1n) is 9.44. The van der Waals surface area contributed by atoms with Crippen molar-refractivity contribution in [2.75, 3.05) is 29.4 Å². The molecule has 2 heterocycles. The third-order valence-electron chi connectivity index (χ3n) is 4.94. The number of hydrogen-bond acceptors (Lipinski definition) is 7. The van der Waals surface area contributed by atoms with Crippen molar-refractivity contribution in [2.24, 2.45) is 0 Å². The van der Waals surface area contributed by atoms with Gasteiger partial charge in [-0.05, 0) is 62.9 Å². The van der Waals surface area contributed by atoms with Gasteiger partial charge in [0, 0.05) is 19.6 Å². The largest absolute Gasteiger partial charge is 0.501 e. The van der Waals surface area contributed by atoms with Crippen LogP contribution in [0.4, 0.5) is 24.5 Å². The molecule has 2 aliphatic rings. The topological polar surface area (TPSA) is 60.9 Å². The van der Waals surface area contributed by atoms with E-state index < -0.39 is 20.2 Å². The number of thiocarbonyl (C=S) groups is 1. The standard InChI is InChI=1S/C19H20F3N3O3S3/c1-4-23-13-8-7-12(31(27,28)19(20,21)22)11-15(13)24(5-2)16(23)10-9-14-17(26)30-18(29)25(14)6-3/h7-11H,4-6H2,1-3H3/b14-9-,16-10+. The van der Waals surface area contributed by atoms with Gasteiger partial charge in [0.05, 0.1) is 22.0 Å². The Morgan fingerprint density at radius 1 is 1.00 bits per heavy atom. The van der Waals surface area contributed by atoms with Gasteiger partial charge in [0.1, 0.15) is 10.1 Å². The highest BCUT2D eigenvalue weighted by Gasteiger charge is 2.47. The molecule has 0 aliphatic carbocycles. The first-order valence-corrected chi connectivity index (χ1v) is 12.1. The summed E-state index contributed by atoms with van der Waals surface area (Å²) in [5, 5.41) is -0.177. The number of halogens is 3. The number of likely N-dealkylation sites (N-methyl/N-ethyl adjacent to an activating group) is 1. The summed E-state index contributed by atoms with van der Waals surface area (Å²) >= 11 is 6.18. The van der Waals surface area contributed by atoms with Crippen LogP contribution in [0.2, 0.25) is 0 Å². The van der Waals surface area contributed by atoms with Crippen LogP contribution in [0.3, 0.4) is 0 Å².